The van der Waals surface area contributed by atoms with Crippen molar-refractivity contribution in [2.75, 3.05) is 24.2 Å². The molecule has 1 aliphatic rings. The average molecular weight is 278 g/mol. The van der Waals surface area contributed by atoms with Crippen LogP contribution < -0.4 is 10.2 Å². The molecule has 3 heteroatoms. The molecule has 1 saturated heterocycles. The molecule has 2 atom stereocenters. The maximum absolute atomic E-state index is 3.67. The predicted octanol–water partition coefficient (Wildman–Crippen LogP) is 3.77. The first kappa shape index (κ1) is 14.7. The molecular weight excluding hydrogens is 252 g/mol. The molecule has 1 fully saturated rings. The summed E-state index contributed by atoms with van der Waals surface area (Å²) in [4.78, 5) is 3.92. The molecule has 1 aromatic rings. The lowest BCUT2D eigenvalue weighted by Gasteiger charge is -2.39. The fourth-order valence-electron chi connectivity index (χ4n) is 2.88. The molecule has 1 aliphatic heterocycles. The molecular formula is C16H26N2S. The van der Waals surface area contributed by atoms with E-state index >= 15 is 0 Å². The van der Waals surface area contributed by atoms with E-state index in [1.807, 2.05) is 11.8 Å². The monoisotopic (exact) mass is 278 g/mol. The molecule has 0 amide bonds. The Hall–Kier alpha value is -0.670. The van der Waals surface area contributed by atoms with Gasteiger partial charge < -0.3 is 10.2 Å². The average Bonchev–Trinajstić information content (AvgIpc) is 2.45. The van der Waals surface area contributed by atoms with Crippen molar-refractivity contribution in [3.8, 4) is 0 Å². The second-order valence-corrected chi connectivity index (χ2v) is 6.30. The Morgan fingerprint density at radius 2 is 2.26 bits per heavy atom. The van der Waals surface area contributed by atoms with E-state index in [2.05, 4.69) is 54.6 Å². The fourth-order valence-corrected chi connectivity index (χ4v) is 3.33. The van der Waals surface area contributed by atoms with Crippen LogP contribution in [0, 0.1) is 0 Å². The minimum absolute atomic E-state index is 0.625. The summed E-state index contributed by atoms with van der Waals surface area (Å²) >= 11 is 1.82. The summed E-state index contributed by atoms with van der Waals surface area (Å²) in [6.45, 7) is 6.91. The van der Waals surface area contributed by atoms with Crippen LogP contribution in [0.3, 0.4) is 0 Å². The van der Waals surface area contributed by atoms with Crippen LogP contribution in [0.2, 0.25) is 0 Å². The first-order chi connectivity index (χ1) is 9.24. The van der Waals surface area contributed by atoms with Crippen LogP contribution in [0.4, 0.5) is 5.69 Å². The van der Waals surface area contributed by atoms with Crippen molar-refractivity contribution in [1.82, 2.24) is 5.32 Å². The highest BCUT2D eigenvalue weighted by atomic mass is 32.2. The number of rotatable bonds is 5. The van der Waals surface area contributed by atoms with Gasteiger partial charge in [-0.1, -0.05) is 13.0 Å². The van der Waals surface area contributed by atoms with Gasteiger partial charge in [-0.2, -0.15) is 0 Å². The van der Waals surface area contributed by atoms with Gasteiger partial charge in [0, 0.05) is 29.2 Å². The molecule has 2 unspecified atom stereocenters. The van der Waals surface area contributed by atoms with Crippen LogP contribution in [0.5, 0.6) is 0 Å². The smallest absolute Gasteiger partial charge is 0.0379 e. The van der Waals surface area contributed by atoms with E-state index in [0.29, 0.717) is 12.1 Å². The molecule has 0 aliphatic carbocycles. The largest absolute Gasteiger partial charge is 0.369 e. The summed E-state index contributed by atoms with van der Waals surface area (Å²) in [5, 5.41) is 3.67. The molecule has 0 radical (unpaired) electrons. The highest BCUT2D eigenvalue weighted by molar-refractivity contribution is 7.98. The Kier molecular flexibility index (Phi) is 5.59. The van der Waals surface area contributed by atoms with Gasteiger partial charge in [-0.05, 0) is 57.2 Å². The molecule has 106 valence electrons. The normalized spacial score (nSPS) is 23.6. The number of nitrogens with zero attached hydrogens (tertiary/aromatic N) is 1. The van der Waals surface area contributed by atoms with E-state index in [-0.39, 0.29) is 0 Å². The van der Waals surface area contributed by atoms with Gasteiger partial charge in [-0.25, -0.2) is 0 Å². The SMILES string of the molecule is CCCNC1CCN(c2cccc(SC)c2)C(C)C1. The number of hydrogen-bond acceptors (Lipinski definition) is 3. The van der Waals surface area contributed by atoms with E-state index in [0.717, 1.165) is 6.54 Å². The van der Waals surface area contributed by atoms with Gasteiger partial charge >= 0.3 is 0 Å². The third-order valence-corrected chi connectivity index (χ3v) is 4.67. The van der Waals surface area contributed by atoms with Crippen molar-refractivity contribution < 1.29 is 0 Å². The standard InChI is InChI=1S/C16H26N2S/c1-4-9-17-14-8-10-18(13(2)11-14)15-6-5-7-16(12-15)19-3/h5-7,12-14,17H,4,8-11H2,1-3H3. The molecule has 0 bridgehead atoms. The summed E-state index contributed by atoms with van der Waals surface area (Å²) in [6, 6.07) is 10.3. The lowest BCUT2D eigenvalue weighted by atomic mass is 9.97. The van der Waals surface area contributed by atoms with E-state index in [1.165, 1.54) is 36.4 Å². The van der Waals surface area contributed by atoms with Crippen molar-refractivity contribution in [3.63, 3.8) is 0 Å². The summed E-state index contributed by atoms with van der Waals surface area (Å²) in [5.41, 5.74) is 1.38. The molecule has 1 aromatic carbocycles. The topological polar surface area (TPSA) is 15.3 Å². The molecule has 0 spiro atoms. The zero-order valence-corrected chi connectivity index (χ0v) is 13.2. The second-order valence-electron chi connectivity index (χ2n) is 5.42. The summed E-state index contributed by atoms with van der Waals surface area (Å²) < 4.78 is 0. The lowest BCUT2D eigenvalue weighted by Crippen LogP contribution is -2.47. The second kappa shape index (κ2) is 7.20. The van der Waals surface area contributed by atoms with Crippen molar-refractivity contribution >= 4 is 17.4 Å². The van der Waals surface area contributed by atoms with Crippen LogP contribution in [0.1, 0.15) is 33.1 Å². The third-order valence-electron chi connectivity index (χ3n) is 3.94. The van der Waals surface area contributed by atoms with Crippen molar-refractivity contribution in [1.29, 1.82) is 0 Å². The highest BCUT2D eigenvalue weighted by Gasteiger charge is 2.25. The van der Waals surface area contributed by atoms with E-state index in [4.69, 9.17) is 0 Å². The number of thioether (sulfide) groups is 1. The Balaban J connectivity index is 1.98. The zero-order valence-electron chi connectivity index (χ0n) is 12.4. The van der Waals surface area contributed by atoms with Gasteiger partial charge in [0.1, 0.15) is 0 Å². The van der Waals surface area contributed by atoms with Gasteiger partial charge in [0.05, 0.1) is 0 Å². The first-order valence-corrected chi connectivity index (χ1v) is 8.61. The van der Waals surface area contributed by atoms with Crippen LogP contribution in [0.15, 0.2) is 29.2 Å². The van der Waals surface area contributed by atoms with Gasteiger partial charge in [0.25, 0.3) is 0 Å². The van der Waals surface area contributed by atoms with Crippen LogP contribution in [-0.2, 0) is 0 Å². The number of piperidine rings is 1. The summed E-state index contributed by atoms with van der Waals surface area (Å²) in [5.74, 6) is 0. The molecule has 2 rings (SSSR count). The maximum Gasteiger partial charge on any atom is 0.0379 e. The minimum Gasteiger partial charge on any atom is -0.369 e. The van der Waals surface area contributed by atoms with Gasteiger partial charge in [-0.15, -0.1) is 11.8 Å². The van der Waals surface area contributed by atoms with Gasteiger partial charge in [-0.3, -0.25) is 0 Å². The highest BCUT2D eigenvalue weighted by Crippen LogP contribution is 2.28. The molecule has 1 heterocycles. The number of benzene rings is 1. The lowest BCUT2D eigenvalue weighted by molar-refractivity contribution is 0.368. The fraction of sp³-hybridized carbons (Fsp3) is 0.625. The Morgan fingerprint density at radius 1 is 1.42 bits per heavy atom. The van der Waals surface area contributed by atoms with Crippen molar-refractivity contribution in [2.24, 2.45) is 0 Å². The van der Waals surface area contributed by atoms with E-state index in [1.54, 1.807) is 0 Å². The van der Waals surface area contributed by atoms with Crippen LogP contribution in [-0.4, -0.2) is 31.4 Å². The summed E-state index contributed by atoms with van der Waals surface area (Å²) in [7, 11) is 0. The molecule has 2 nitrogen and oxygen atoms in total. The first-order valence-electron chi connectivity index (χ1n) is 7.38. The summed E-state index contributed by atoms with van der Waals surface area (Å²) in [6.07, 6.45) is 5.88. The molecule has 19 heavy (non-hydrogen) atoms. The van der Waals surface area contributed by atoms with Crippen LogP contribution in [0.25, 0.3) is 0 Å². The van der Waals surface area contributed by atoms with Crippen LogP contribution >= 0.6 is 11.8 Å². The maximum atomic E-state index is 3.67. The number of nitrogens with one attached hydrogen (secondary N) is 1. The van der Waals surface area contributed by atoms with E-state index < -0.39 is 0 Å². The Labute approximate surface area is 122 Å². The zero-order chi connectivity index (χ0) is 13.7. The third kappa shape index (κ3) is 3.90. The van der Waals surface area contributed by atoms with Crippen molar-refractivity contribution in [3.05, 3.63) is 24.3 Å². The Morgan fingerprint density at radius 3 is 2.95 bits per heavy atom. The van der Waals surface area contributed by atoms with Gasteiger partial charge in [0.15, 0.2) is 0 Å². The molecule has 0 saturated carbocycles. The predicted molar refractivity (Wildman–Crippen MR) is 86.3 cm³/mol. The van der Waals surface area contributed by atoms with Gasteiger partial charge in [0.2, 0.25) is 0 Å². The number of anilines is 1. The number of hydrogen-bond donors (Lipinski definition) is 1. The van der Waals surface area contributed by atoms with Crippen molar-refractivity contribution in [2.45, 2.75) is 50.1 Å². The molecule has 1 N–H and O–H groups in total. The Bertz CT molecular complexity index is 394. The van der Waals surface area contributed by atoms with E-state index in [9.17, 15) is 0 Å². The minimum atomic E-state index is 0.625. The quantitative estimate of drug-likeness (QED) is 0.826. The molecule has 0 aromatic heterocycles.